The molecule has 1 N–H and O–H groups in total. The maximum absolute atomic E-state index is 4.57. The Bertz CT molecular complexity index is 551. The normalized spacial score (nSPS) is 15.5. The van der Waals surface area contributed by atoms with Crippen LogP contribution in [0.25, 0.3) is 0 Å². The molecule has 1 fully saturated rings. The van der Waals surface area contributed by atoms with Crippen LogP contribution >= 0.6 is 0 Å². The minimum atomic E-state index is 0.638. The van der Waals surface area contributed by atoms with Crippen LogP contribution in [0.3, 0.4) is 0 Å². The van der Waals surface area contributed by atoms with Gasteiger partial charge in [-0.2, -0.15) is 10.1 Å². The van der Waals surface area contributed by atoms with Gasteiger partial charge in [-0.3, -0.25) is 4.98 Å². The van der Waals surface area contributed by atoms with E-state index in [-0.39, 0.29) is 0 Å². The average Bonchev–Trinajstić information content (AvgIpc) is 2.83. The number of nitrogens with one attached hydrogen (secondary N) is 1. The number of hydrogen-bond acceptors (Lipinski definition) is 6. The van der Waals surface area contributed by atoms with E-state index in [1.165, 1.54) is 25.7 Å². The van der Waals surface area contributed by atoms with E-state index >= 15 is 0 Å². The Kier molecular flexibility index (Phi) is 4.55. The molecule has 1 saturated heterocycles. The molecule has 3 rings (SSSR count). The van der Waals surface area contributed by atoms with E-state index in [0.717, 1.165) is 30.5 Å². The van der Waals surface area contributed by atoms with Crippen LogP contribution in [-0.4, -0.2) is 33.3 Å². The maximum atomic E-state index is 4.57. The maximum Gasteiger partial charge on any atom is 0.247 e. The molecule has 21 heavy (non-hydrogen) atoms. The monoisotopic (exact) mass is 284 g/mol. The molecule has 0 aromatic carbocycles. The van der Waals surface area contributed by atoms with Gasteiger partial charge >= 0.3 is 0 Å². The van der Waals surface area contributed by atoms with Crippen molar-refractivity contribution < 1.29 is 0 Å². The third-order valence-corrected chi connectivity index (χ3v) is 3.61. The van der Waals surface area contributed by atoms with E-state index < -0.39 is 0 Å². The Hall–Kier alpha value is -2.24. The summed E-state index contributed by atoms with van der Waals surface area (Å²) in [5, 5.41) is 11.5. The first kappa shape index (κ1) is 13.7. The second kappa shape index (κ2) is 6.97. The van der Waals surface area contributed by atoms with Crippen LogP contribution in [-0.2, 0) is 6.54 Å². The zero-order chi connectivity index (χ0) is 14.3. The minimum absolute atomic E-state index is 0.638. The van der Waals surface area contributed by atoms with Crippen molar-refractivity contribution in [1.29, 1.82) is 0 Å². The lowest BCUT2D eigenvalue weighted by Gasteiger charge is -2.19. The molecule has 1 aliphatic rings. The van der Waals surface area contributed by atoms with Gasteiger partial charge < -0.3 is 10.2 Å². The standard InChI is InChI=1S/C15H20N6/c1-2-6-10-21(9-5-1)15-19-14(12-18-20-15)17-11-13-7-3-4-8-16-13/h3-4,7-8,12H,1-2,5-6,9-11H2,(H,17,19,20). The summed E-state index contributed by atoms with van der Waals surface area (Å²) in [7, 11) is 0. The van der Waals surface area contributed by atoms with Gasteiger partial charge in [0.1, 0.15) is 0 Å². The zero-order valence-electron chi connectivity index (χ0n) is 12.1. The van der Waals surface area contributed by atoms with E-state index in [4.69, 9.17) is 0 Å². The highest BCUT2D eigenvalue weighted by atomic mass is 15.3. The van der Waals surface area contributed by atoms with E-state index in [0.29, 0.717) is 6.54 Å². The van der Waals surface area contributed by atoms with Gasteiger partial charge in [-0.25, -0.2) is 0 Å². The molecule has 0 saturated carbocycles. The van der Waals surface area contributed by atoms with Crippen LogP contribution in [0.4, 0.5) is 11.8 Å². The first-order valence-corrected chi connectivity index (χ1v) is 7.50. The Morgan fingerprint density at radius 2 is 1.95 bits per heavy atom. The molecule has 6 heteroatoms. The summed E-state index contributed by atoms with van der Waals surface area (Å²) < 4.78 is 0. The lowest BCUT2D eigenvalue weighted by Crippen LogP contribution is -2.26. The highest BCUT2D eigenvalue weighted by molar-refractivity contribution is 5.39. The van der Waals surface area contributed by atoms with E-state index in [2.05, 4.69) is 30.4 Å². The SMILES string of the molecule is c1ccc(CNc2cnnc(N3CCCCCC3)n2)nc1. The van der Waals surface area contributed by atoms with Crippen molar-refractivity contribution in [3.8, 4) is 0 Å². The zero-order valence-corrected chi connectivity index (χ0v) is 12.1. The molecule has 1 aliphatic heterocycles. The summed E-state index contributed by atoms with van der Waals surface area (Å²) in [5.74, 6) is 1.47. The Balaban J connectivity index is 1.65. The van der Waals surface area contributed by atoms with Gasteiger partial charge in [0.2, 0.25) is 5.95 Å². The molecule has 0 bridgehead atoms. The van der Waals surface area contributed by atoms with Gasteiger partial charge in [-0.1, -0.05) is 18.9 Å². The summed E-state index contributed by atoms with van der Waals surface area (Å²) in [6.07, 6.45) is 8.44. The third-order valence-electron chi connectivity index (χ3n) is 3.61. The quantitative estimate of drug-likeness (QED) is 0.929. The van der Waals surface area contributed by atoms with Crippen molar-refractivity contribution in [3.05, 3.63) is 36.3 Å². The fourth-order valence-electron chi connectivity index (χ4n) is 2.47. The molecular weight excluding hydrogens is 264 g/mol. The van der Waals surface area contributed by atoms with Gasteiger partial charge in [0.15, 0.2) is 5.82 Å². The van der Waals surface area contributed by atoms with E-state index in [1.807, 2.05) is 18.2 Å². The molecule has 0 unspecified atom stereocenters. The molecule has 0 spiro atoms. The van der Waals surface area contributed by atoms with Crippen molar-refractivity contribution in [2.24, 2.45) is 0 Å². The molecular formula is C15H20N6. The molecule has 2 aromatic rings. The van der Waals surface area contributed by atoms with Crippen molar-refractivity contribution in [2.75, 3.05) is 23.3 Å². The van der Waals surface area contributed by atoms with Gasteiger partial charge in [-0.05, 0) is 25.0 Å². The molecule has 0 amide bonds. The summed E-state index contributed by atoms with van der Waals surface area (Å²) in [5.41, 5.74) is 0.979. The van der Waals surface area contributed by atoms with Crippen LogP contribution in [0.15, 0.2) is 30.6 Å². The Morgan fingerprint density at radius 3 is 2.71 bits per heavy atom. The summed E-state index contributed by atoms with van der Waals surface area (Å²) in [6, 6.07) is 5.87. The van der Waals surface area contributed by atoms with Crippen LogP contribution in [0, 0.1) is 0 Å². The van der Waals surface area contributed by atoms with E-state index in [1.54, 1.807) is 12.4 Å². The number of aromatic nitrogens is 4. The predicted molar refractivity (Wildman–Crippen MR) is 82.1 cm³/mol. The summed E-state index contributed by atoms with van der Waals surface area (Å²) in [6.45, 7) is 2.68. The Morgan fingerprint density at radius 1 is 1.10 bits per heavy atom. The van der Waals surface area contributed by atoms with Gasteiger partial charge in [0, 0.05) is 19.3 Å². The minimum Gasteiger partial charge on any atom is -0.363 e. The van der Waals surface area contributed by atoms with Crippen LogP contribution in [0.2, 0.25) is 0 Å². The fourth-order valence-corrected chi connectivity index (χ4v) is 2.47. The number of anilines is 2. The van der Waals surface area contributed by atoms with Crippen LogP contribution in [0.5, 0.6) is 0 Å². The summed E-state index contributed by atoms with van der Waals surface area (Å²) >= 11 is 0. The second-order valence-electron chi connectivity index (χ2n) is 5.22. The highest BCUT2D eigenvalue weighted by Gasteiger charge is 2.13. The number of nitrogens with zero attached hydrogens (tertiary/aromatic N) is 5. The predicted octanol–water partition coefficient (Wildman–Crippen LogP) is 2.26. The molecule has 0 aliphatic carbocycles. The van der Waals surface area contributed by atoms with Crippen LogP contribution < -0.4 is 10.2 Å². The second-order valence-corrected chi connectivity index (χ2v) is 5.22. The number of hydrogen-bond donors (Lipinski definition) is 1. The molecule has 3 heterocycles. The van der Waals surface area contributed by atoms with Crippen molar-refractivity contribution in [3.63, 3.8) is 0 Å². The average molecular weight is 284 g/mol. The van der Waals surface area contributed by atoms with E-state index in [9.17, 15) is 0 Å². The smallest absolute Gasteiger partial charge is 0.247 e. The lowest BCUT2D eigenvalue weighted by atomic mass is 10.2. The first-order chi connectivity index (χ1) is 10.4. The third kappa shape index (κ3) is 3.87. The molecule has 6 nitrogen and oxygen atoms in total. The number of rotatable bonds is 4. The topological polar surface area (TPSA) is 66.8 Å². The fraction of sp³-hybridized carbons (Fsp3) is 0.467. The molecule has 0 atom stereocenters. The lowest BCUT2D eigenvalue weighted by molar-refractivity contribution is 0.726. The highest BCUT2D eigenvalue weighted by Crippen LogP contribution is 2.16. The van der Waals surface area contributed by atoms with Crippen LogP contribution in [0.1, 0.15) is 31.4 Å². The molecule has 0 radical (unpaired) electrons. The molecule has 2 aromatic heterocycles. The largest absolute Gasteiger partial charge is 0.363 e. The van der Waals surface area contributed by atoms with Crippen molar-refractivity contribution >= 4 is 11.8 Å². The van der Waals surface area contributed by atoms with Gasteiger partial charge in [-0.15, -0.1) is 5.10 Å². The van der Waals surface area contributed by atoms with Gasteiger partial charge in [0.25, 0.3) is 0 Å². The first-order valence-electron chi connectivity index (χ1n) is 7.50. The van der Waals surface area contributed by atoms with Crippen molar-refractivity contribution in [2.45, 2.75) is 32.2 Å². The molecule has 110 valence electrons. The number of pyridine rings is 1. The van der Waals surface area contributed by atoms with Crippen molar-refractivity contribution in [1.82, 2.24) is 20.2 Å². The Labute approximate surface area is 124 Å². The summed E-state index contributed by atoms with van der Waals surface area (Å²) in [4.78, 5) is 11.1. The van der Waals surface area contributed by atoms with Gasteiger partial charge in [0.05, 0.1) is 18.4 Å².